The van der Waals surface area contributed by atoms with Crippen LogP contribution in [0.15, 0.2) is 24.3 Å². The van der Waals surface area contributed by atoms with Crippen LogP contribution in [0.4, 0.5) is 5.69 Å². The third kappa shape index (κ3) is 15.7. The Bertz CT molecular complexity index is 653. The molecule has 1 aromatic rings. The number of hydrogen-bond acceptors (Lipinski definition) is 8. The molecule has 3 N–H and O–H groups in total. The summed E-state index contributed by atoms with van der Waals surface area (Å²) in [5.74, 6) is -0.956. The number of anilines is 1. The fraction of sp³-hybridized carbons (Fsp3) is 0.550. The molecule has 0 aliphatic heterocycles. The van der Waals surface area contributed by atoms with Gasteiger partial charge in [0.1, 0.15) is 25.6 Å². The molecule has 0 spiro atoms. The van der Waals surface area contributed by atoms with E-state index in [2.05, 4.69) is 15.4 Å². The van der Waals surface area contributed by atoms with Gasteiger partial charge in [-0.2, -0.15) is 0 Å². The summed E-state index contributed by atoms with van der Waals surface area (Å²) < 4.78 is 26.2. The van der Waals surface area contributed by atoms with E-state index in [9.17, 15) is 14.4 Å². The maximum absolute atomic E-state index is 11.3. The highest BCUT2D eigenvalue weighted by Crippen LogP contribution is 2.15. The first-order chi connectivity index (χ1) is 15.0. The van der Waals surface area contributed by atoms with Crippen LogP contribution in [0.3, 0.4) is 0 Å². The first-order valence-corrected chi connectivity index (χ1v) is 9.77. The molecule has 0 heterocycles. The molecular formula is C20H30N2O9. The zero-order chi connectivity index (χ0) is 22.7. The molecule has 0 aromatic heterocycles. The van der Waals surface area contributed by atoms with Crippen molar-refractivity contribution in [1.82, 2.24) is 5.32 Å². The number of carbonyl (C=O) groups excluding carboxylic acids is 2. The first kappa shape index (κ1) is 26.3. The number of amides is 2. The van der Waals surface area contributed by atoms with Gasteiger partial charge in [0, 0.05) is 19.2 Å². The normalized spacial score (nSPS) is 10.5. The van der Waals surface area contributed by atoms with E-state index in [1.165, 1.54) is 6.92 Å². The summed E-state index contributed by atoms with van der Waals surface area (Å²) in [6.45, 7) is 3.70. The van der Waals surface area contributed by atoms with Gasteiger partial charge in [-0.15, -0.1) is 0 Å². The lowest BCUT2D eigenvalue weighted by Crippen LogP contribution is -2.31. The van der Waals surface area contributed by atoms with Gasteiger partial charge in [-0.05, 0) is 24.3 Å². The van der Waals surface area contributed by atoms with Gasteiger partial charge in [0.2, 0.25) is 11.8 Å². The van der Waals surface area contributed by atoms with Crippen molar-refractivity contribution in [1.29, 1.82) is 0 Å². The minimum Gasteiger partial charge on any atom is -0.491 e. The second-order valence-electron chi connectivity index (χ2n) is 6.13. The van der Waals surface area contributed by atoms with Crippen LogP contribution in [-0.2, 0) is 33.3 Å². The topological polar surface area (TPSA) is 142 Å². The number of aliphatic carboxylic acids is 1. The van der Waals surface area contributed by atoms with E-state index in [-0.39, 0.29) is 12.5 Å². The van der Waals surface area contributed by atoms with Crippen LogP contribution in [0.25, 0.3) is 0 Å². The number of ether oxygens (including phenoxy) is 5. The first-order valence-electron chi connectivity index (χ1n) is 9.77. The van der Waals surface area contributed by atoms with Crippen molar-refractivity contribution in [2.45, 2.75) is 6.92 Å². The predicted molar refractivity (Wildman–Crippen MR) is 110 cm³/mol. The molecule has 1 aromatic carbocycles. The molecule has 174 valence electrons. The SMILES string of the molecule is CC(=O)Nc1ccc(OCCOCCOCCOCCNC(=O)COCC(=O)O)cc1. The molecule has 11 nitrogen and oxygen atoms in total. The lowest BCUT2D eigenvalue weighted by Gasteiger charge is -2.09. The maximum Gasteiger partial charge on any atom is 0.329 e. The van der Waals surface area contributed by atoms with E-state index < -0.39 is 18.5 Å². The predicted octanol–water partition coefficient (Wildman–Crippen LogP) is 0.291. The van der Waals surface area contributed by atoms with E-state index in [1.807, 2.05) is 0 Å². The van der Waals surface area contributed by atoms with E-state index >= 15 is 0 Å². The third-order valence-corrected chi connectivity index (χ3v) is 3.44. The number of carboxylic acid groups (broad SMARTS) is 1. The Morgan fingerprint density at radius 1 is 0.806 bits per heavy atom. The van der Waals surface area contributed by atoms with Gasteiger partial charge in [-0.25, -0.2) is 4.79 Å². The molecule has 0 aliphatic carbocycles. The minimum absolute atomic E-state index is 0.124. The van der Waals surface area contributed by atoms with Crippen molar-refractivity contribution in [3.63, 3.8) is 0 Å². The average molecular weight is 442 g/mol. The van der Waals surface area contributed by atoms with Crippen molar-refractivity contribution in [2.24, 2.45) is 0 Å². The summed E-state index contributed by atoms with van der Waals surface area (Å²) in [6.07, 6.45) is 0. The van der Waals surface area contributed by atoms with Crippen LogP contribution in [0.1, 0.15) is 6.92 Å². The van der Waals surface area contributed by atoms with Crippen molar-refractivity contribution in [3.05, 3.63) is 24.3 Å². The highest BCUT2D eigenvalue weighted by atomic mass is 16.6. The Hall–Kier alpha value is -2.73. The summed E-state index contributed by atoms with van der Waals surface area (Å²) in [7, 11) is 0. The summed E-state index contributed by atoms with van der Waals surface area (Å²) in [4.78, 5) is 32.5. The number of rotatable bonds is 18. The molecule has 2 amide bonds. The quantitative estimate of drug-likeness (QED) is 0.274. The van der Waals surface area contributed by atoms with E-state index in [4.69, 9.17) is 24.1 Å². The molecule has 1 rings (SSSR count). The molecule has 31 heavy (non-hydrogen) atoms. The molecule has 0 unspecified atom stereocenters. The Morgan fingerprint density at radius 3 is 1.97 bits per heavy atom. The summed E-state index contributed by atoms with van der Waals surface area (Å²) in [5.41, 5.74) is 0.713. The lowest BCUT2D eigenvalue weighted by atomic mass is 10.3. The Kier molecular flexibility index (Phi) is 14.4. The van der Waals surface area contributed by atoms with Gasteiger partial charge < -0.3 is 39.4 Å². The largest absolute Gasteiger partial charge is 0.491 e. The zero-order valence-electron chi connectivity index (χ0n) is 17.6. The standard InChI is InChI=1S/C20H30N2O9/c1-16(23)22-17-2-4-18(5-3-17)31-13-12-29-11-10-28-9-8-27-7-6-21-19(24)14-30-15-20(25)26/h2-5H,6-15H2,1H3,(H,21,24)(H,22,23)(H,25,26). The summed E-state index contributed by atoms with van der Waals surface area (Å²) in [6, 6.07) is 7.07. The van der Waals surface area contributed by atoms with Crippen LogP contribution in [0.5, 0.6) is 5.75 Å². The van der Waals surface area contributed by atoms with Crippen LogP contribution >= 0.6 is 0 Å². The third-order valence-electron chi connectivity index (χ3n) is 3.44. The van der Waals surface area contributed by atoms with Crippen LogP contribution in [-0.4, -0.2) is 88.9 Å². The fourth-order valence-corrected chi connectivity index (χ4v) is 2.14. The Labute approximate surface area is 180 Å². The molecule has 0 radical (unpaired) electrons. The van der Waals surface area contributed by atoms with Gasteiger partial charge in [0.05, 0.1) is 39.6 Å². The number of carbonyl (C=O) groups is 3. The number of hydrogen-bond donors (Lipinski definition) is 3. The van der Waals surface area contributed by atoms with E-state index in [0.29, 0.717) is 64.2 Å². The molecule has 0 saturated carbocycles. The van der Waals surface area contributed by atoms with E-state index in [1.54, 1.807) is 24.3 Å². The van der Waals surface area contributed by atoms with Crippen molar-refractivity contribution >= 4 is 23.5 Å². The second kappa shape index (κ2) is 17.0. The summed E-state index contributed by atoms with van der Waals surface area (Å²) >= 11 is 0. The fourth-order valence-electron chi connectivity index (χ4n) is 2.14. The van der Waals surface area contributed by atoms with Crippen LogP contribution < -0.4 is 15.4 Å². The molecule has 0 bridgehead atoms. The Morgan fingerprint density at radius 2 is 1.39 bits per heavy atom. The molecular weight excluding hydrogens is 412 g/mol. The Balaban J connectivity index is 1.85. The van der Waals surface area contributed by atoms with Crippen LogP contribution in [0.2, 0.25) is 0 Å². The molecule has 0 saturated heterocycles. The molecule has 0 atom stereocenters. The number of benzene rings is 1. The average Bonchev–Trinajstić information content (AvgIpc) is 2.72. The second-order valence-corrected chi connectivity index (χ2v) is 6.13. The van der Waals surface area contributed by atoms with Gasteiger partial charge >= 0.3 is 5.97 Å². The van der Waals surface area contributed by atoms with Crippen molar-refractivity contribution in [3.8, 4) is 5.75 Å². The zero-order valence-corrected chi connectivity index (χ0v) is 17.6. The molecule has 0 fully saturated rings. The van der Waals surface area contributed by atoms with Crippen molar-refractivity contribution in [2.75, 3.05) is 71.3 Å². The van der Waals surface area contributed by atoms with Gasteiger partial charge in [-0.3, -0.25) is 9.59 Å². The summed E-state index contributed by atoms with van der Waals surface area (Å²) in [5, 5.41) is 13.6. The van der Waals surface area contributed by atoms with E-state index in [0.717, 1.165) is 0 Å². The van der Waals surface area contributed by atoms with Crippen LogP contribution in [0, 0.1) is 0 Å². The lowest BCUT2D eigenvalue weighted by molar-refractivity contribution is -0.143. The molecule has 0 aliphatic rings. The number of carboxylic acids is 1. The minimum atomic E-state index is -1.12. The highest BCUT2D eigenvalue weighted by molar-refractivity contribution is 5.88. The smallest absolute Gasteiger partial charge is 0.329 e. The van der Waals surface area contributed by atoms with Gasteiger partial charge in [0.25, 0.3) is 0 Å². The van der Waals surface area contributed by atoms with Gasteiger partial charge in [0.15, 0.2) is 0 Å². The molecule has 11 heteroatoms. The maximum atomic E-state index is 11.3. The number of nitrogens with one attached hydrogen (secondary N) is 2. The van der Waals surface area contributed by atoms with Crippen molar-refractivity contribution < 1.29 is 43.2 Å². The van der Waals surface area contributed by atoms with Gasteiger partial charge in [-0.1, -0.05) is 0 Å². The monoisotopic (exact) mass is 442 g/mol. The highest BCUT2D eigenvalue weighted by Gasteiger charge is 2.03.